The van der Waals surface area contributed by atoms with E-state index in [2.05, 4.69) is 15.1 Å². The molecular weight excluding hydrogens is 474 g/mol. The second-order valence-corrected chi connectivity index (χ2v) is 9.52. The molecule has 0 spiro atoms. The van der Waals surface area contributed by atoms with Gasteiger partial charge in [0.2, 0.25) is 5.91 Å². The maximum absolute atomic E-state index is 13.4. The number of carbonyl (C=O) groups excluding carboxylic acids is 2. The minimum atomic E-state index is -0.144. The molecule has 2 heterocycles. The largest absolute Gasteiger partial charge is 0.352 e. The van der Waals surface area contributed by atoms with E-state index < -0.39 is 0 Å². The second-order valence-electron chi connectivity index (χ2n) is 9.52. The van der Waals surface area contributed by atoms with E-state index >= 15 is 0 Å². The first-order valence-electron chi connectivity index (χ1n) is 12.9. The Bertz CT molecular complexity index is 1350. The summed E-state index contributed by atoms with van der Waals surface area (Å²) in [4.78, 5) is 32.3. The lowest BCUT2D eigenvalue weighted by Crippen LogP contribution is -2.52. The van der Waals surface area contributed by atoms with Crippen LogP contribution < -0.4 is 4.90 Å². The Kier molecular flexibility index (Phi) is 7.73. The maximum atomic E-state index is 13.4. The van der Waals surface area contributed by atoms with Crippen molar-refractivity contribution in [3.8, 4) is 11.3 Å². The summed E-state index contributed by atoms with van der Waals surface area (Å²) in [6, 6.07) is 31.2. The van der Waals surface area contributed by atoms with Gasteiger partial charge in [-0.15, -0.1) is 10.2 Å². The highest BCUT2D eigenvalue weighted by atomic mass is 16.2. The fourth-order valence-corrected chi connectivity index (χ4v) is 4.59. The molecule has 1 aromatic heterocycles. The zero-order valence-electron chi connectivity index (χ0n) is 21.5. The van der Waals surface area contributed by atoms with Crippen molar-refractivity contribution < 1.29 is 9.59 Å². The van der Waals surface area contributed by atoms with Crippen molar-refractivity contribution in [2.75, 3.05) is 37.6 Å². The Morgan fingerprint density at radius 3 is 2.05 bits per heavy atom. The van der Waals surface area contributed by atoms with Crippen LogP contribution in [0.25, 0.3) is 11.3 Å². The molecule has 3 aromatic carbocycles. The number of rotatable bonds is 7. The summed E-state index contributed by atoms with van der Waals surface area (Å²) in [5, 5.41) is 8.82. The SMILES string of the molecule is Cc1ccc(C(=O)N(CC(=O)N2CCN(c3ccc(-c4ccccc4)nn3)CC2)Cc2ccccc2)cc1. The molecular formula is C31H31N5O2. The van der Waals surface area contributed by atoms with Gasteiger partial charge in [0, 0.05) is 43.9 Å². The lowest BCUT2D eigenvalue weighted by Gasteiger charge is -2.36. The predicted octanol–water partition coefficient (Wildman–Crippen LogP) is 4.44. The molecule has 0 saturated carbocycles. The second kappa shape index (κ2) is 11.7. The van der Waals surface area contributed by atoms with Crippen molar-refractivity contribution >= 4 is 17.6 Å². The molecule has 192 valence electrons. The Hall–Kier alpha value is -4.52. The molecule has 1 fully saturated rings. The highest BCUT2D eigenvalue weighted by Crippen LogP contribution is 2.19. The highest BCUT2D eigenvalue weighted by molar-refractivity contribution is 5.96. The van der Waals surface area contributed by atoms with Crippen LogP contribution in [0.4, 0.5) is 5.82 Å². The Morgan fingerprint density at radius 1 is 0.763 bits per heavy atom. The molecule has 0 radical (unpaired) electrons. The first-order valence-corrected chi connectivity index (χ1v) is 12.9. The van der Waals surface area contributed by atoms with Gasteiger partial charge in [0.1, 0.15) is 6.54 Å². The lowest BCUT2D eigenvalue weighted by atomic mass is 10.1. The van der Waals surface area contributed by atoms with Gasteiger partial charge in [-0.3, -0.25) is 9.59 Å². The number of benzene rings is 3. The van der Waals surface area contributed by atoms with Crippen molar-refractivity contribution in [1.29, 1.82) is 0 Å². The number of carbonyl (C=O) groups is 2. The first-order chi connectivity index (χ1) is 18.6. The number of nitrogens with zero attached hydrogens (tertiary/aromatic N) is 5. The number of aromatic nitrogens is 2. The summed E-state index contributed by atoms with van der Waals surface area (Å²) in [6.45, 7) is 4.86. The predicted molar refractivity (Wildman–Crippen MR) is 149 cm³/mol. The number of hydrogen-bond donors (Lipinski definition) is 0. The molecule has 7 nitrogen and oxygen atoms in total. The molecule has 0 N–H and O–H groups in total. The summed E-state index contributed by atoms with van der Waals surface area (Å²) in [7, 11) is 0. The Balaban J connectivity index is 1.22. The number of piperazine rings is 1. The van der Waals surface area contributed by atoms with Crippen LogP contribution in [0.3, 0.4) is 0 Å². The van der Waals surface area contributed by atoms with Gasteiger partial charge in [-0.2, -0.15) is 0 Å². The van der Waals surface area contributed by atoms with Gasteiger partial charge in [-0.25, -0.2) is 0 Å². The van der Waals surface area contributed by atoms with Crippen LogP contribution in [0.1, 0.15) is 21.5 Å². The van der Waals surface area contributed by atoms with E-state index in [4.69, 9.17) is 0 Å². The Morgan fingerprint density at radius 2 is 1.42 bits per heavy atom. The van der Waals surface area contributed by atoms with Crippen LogP contribution >= 0.6 is 0 Å². The third kappa shape index (κ3) is 6.06. The van der Waals surface area contributed by atoms with E-state index in [1.54, 1.807) is 4.90 Å². The van der Waals surface area contributed by atoms with Crippen LogP contribution in [0.5, 0.6) is 0 Å². The summed E-state index contributed by atoms with van der Waals surface area (Å²) in [5.41, 5.74) is 4.52. The quantitative estimate of drug-likeness (QED) is 0.371. The monoisotopic (exact) mass is 505 g/mol. The van der Waals surface area contributed by atoms with Crippen molar-refractivity contribution in [1.82, 2.24) is 20.0 Å². The van der Waals surface area contributed by atoms with E-state index in [1.807, 2.05) is 109 Å². The van der Waals surface area contributed by atoms with Crippen LogP contribution in [-0.2, 0) is 11.3 Å². The molecule has 38 heavy (non-hydrogen) atoms. The van der Waals surface area contributed by atoms with Crippen molar-refractivity contribution in [2.24, 2.45) is 0 Å². The molecule has 5 rings (SSSR count). The molecule has 7 heteroatoms. The summed E-state index contributed by atoms with van der Waals surface area (Å²) < 4.78 is 0. The maximum Gasteiger partial charge on any atom is 0.254 e. The van der Waals surface area contributed by atoms with E-state index in [0.29, 0.717) is 38.3 Å². The smallest absolute Gasteiger partial charge is 0.254 e. The number of anilines is 1. The van der Waals surface area contributed by atoms with Gasteiger partial charge in [0.05, 0.1) is 5.69 Å². The van der Waals surface area contributed by atoms with Crippen LogP contribution in [0.2, 0.25) is 0 Å². The van der Waals surface area contributed by atoms with Gasteiger partial charge in [0.25, 0.3) is 5.91 Å². The van der Waals surface area contributed by atoms with Crippen molar-refractivity contribution in [2.45, 2.75) is 13.5 Å². The number of hydrogen-bond acceptors (Lipinski definition) is 5. The number of aryl methyl sites for hydroxylation is 1. The topological polar surface area (TPSA) is 69.6 Å². The fraction of sp³-hybridized carbons (Fsp3) is 0.226. The highest BCUT2D eigenvalue weighted by Gasteiger charge is 2.26. The summed E-state index contributed by atoms with van der Waals surface area (Å²) in [6.07, 6.45) is 0. The molecule has 1 aliphatic heterocycles. The molecule has 0 atom stereocenters. The molecule has 2 amide bonds. The van der Waals surface area contributed by atoms with Crippen molar-refractivity contribution in [3.63, 3.8) is 0 Å². The zero-order valence-corrected chi connectivity index (χ0v) is 21.5. The van der Waals surface area contributed by atoms with E-state index in [-0.39, 0.29) is 18.4 Å². The minimum absolute atomic E-state index is 0.0349. The molecule has 0 unspecified atom stereocenters. The average Bonchev–Trinajstić information content (AvgIpc) is 2.98. The summed E-state index contributed by atoms with van der Waals surface area (Å²) in [5.74, 6) is 0.609. The Labute approximate surface area is 223 Å². The average molecular weight is 506 g/mol. The van der Waals surface area contributed by atoms with E-state index in [0.717, 1.165) is 28.2 Å². The molecule has 0 aliphatic carbocycles. The van der Waals surface area contributed by atoms with Crippen LogP contribution in [0.15, 0.2) is 97.1 Å². The van der Waals surface area contributed by atoms with Gasteiger partial charge in [0.15, 0.2) is 5.82 Å². The van der Waals surface area contributed by atoms with Crippen LogP contribution in [0, 0.1) is 6.92 Å². The third-order valence-corrected chi connectivity index (χ3v) is 6.80. The lowest BCUT2D eigenvalue weighted by molar-refractivity contribution is -0.132. The molecule has 1 aliphatic rings. The third-order valence-electron chi connectivity index (χ3n) is 6.80. The fourth-order valence-electron chi connectivity index (χ4n) is 4.59. The molecule has 4 aromatic rings. The normalized spacial score (nSPS) is 13.3. The van der Waals surface area contributed by atoms with Gasteiger partial charge >= 0.3 is 0 Å². The zero-order chi connectivity index (χ0) is 26.3. The van der Waals surface area contributed by atoms with Crippen LogP contribution in [-0.4, -0.2) is 64.5 Å². The first kappa shape index (κ1) is 25.1. The molecule has 1 saturated heterocycles. The molecule has 0 bridgehead atoms. The van der Waals surface area contributed by atoms with Gasteiger partial charge < -0.3 is 14.7 Å². The van der Waals surface area contributed by atoms with Gasteiger partial charge in [-0.05, 0) is 36.8 Å². The van der Waals surface area contributed by atoms with Crippen molar-refractivity contribution in [3.05, 3.63) is 114 Å². The summed E-state index contributed by atoms with van der Waals surface area (Å²) >= 11 is 0. The van der Waals surface area contributed by atoms with E-state index in [9.17, 15) is 9.59 Å². The minimum Gasteiger partial charge on any atom is -0.352 e. The number of amides is 2. The van der Waals surface area contributed by atoms with Gasteiger partial charge in [-0.1, -0.05) is 78.4 Å². The standard InChI is InChI=1S/C31H31N5O2/c1-24-12-14-27(15-13-24)31(38)36(22-25-8-4-2-5-9-25)23-30(37)35-20-18-34(19-21-35)29-17-16-28(32-33-29)26-10-6-3-7-11-26/h2-17H,18-23H2,1H3. The van der Waals surface area contributed by atoms with E-state index in [1.165, 1.54) is 0 Å².